The van der Waals surface area contributed by atoms with Crippen LogP contribution < -0.4 is 0 Å². The largest absolute Gasteiger partial charge is 0.364 e. The van der Waals surface area contributed by atoms with Gasteiger partial charge < -0.3 is 4.84 Å². The molecule has 0 saturated carbocycles. The Morgan fingerprint density at radius 2 is 2.50 bits per heavy atom. The fourth-order valence-corrected chi connectivity index (χ4v) is 0.276. The van der Waals surface area contributed by atoms with Crippen molar-refractivity contribution in [1.29, 1.82) is 0 Å². The fraction of sp³-hybridized carbons (Fsp3) is 0.600. The fourth-order valence-electron chi connectivity index (χ4n) is 0.276. The zero-order valence-corrected chi connectivity index (χ0v) is 4.46. The molecule has 0 saturated heterocycles. The molecule has 3 heteroatoms. The molecular weight excluding hydrogens is 106 g/mol. The summed E-state index contributed by atoms with van der Waals surface area (Å²) in [5, 5.41) is 2.19. The Hall–Kier alpha value is -1.04. The number of nitrogens with zero attached hydrogens (tertiary/aromatic N) is 1. The molecule has 0 radical (unpaired) electrons. The molecule has 0 rings (SSSR count). The van der Waals surface area contributed by atoms with E-state index in [4.69, 9.17) is 6.42 Å². The second-order valence-corrected chi connectivity index (χ2v) is 1.22. The maximum Gasteiger partial charge on any atom is 0.155 e. The van der Waals surface area contributed by atoms with Crippen molar-refractivity contribution in [1.82, 2.24) is 0 Å². The molecule has 0 aromatic carbocycles. The van der Waals surface area contributed by atoms with E-state index in [9.17, 15) is 4.91 Å². The molecule has 0 aliphatic carbocycles. The molecule has 0 atom stereocenters. The quantitative estimate of drug-likeness (QED) is 0.237. The van der Waals surface area contributed by atoms with Gasteiger partial charge in [0.2, 0.25) is 0 Å². The first-order valence-electron chi connectivity index (χ1n) is 2.30. The topological polar surface area (TPSA) is 38.7 Å². The number of hydrogen-bond donors (Lipinski definition) is 0. The zero-order chi connectivity index (χ0) is 6.24. The summed E-state index contributed by atoms with van der Waals surface area (Å²) >= 11 is 0. The Bertz CT molecular complexity index is 95.1. The first-order chi connectivity index (χ1) is 3.91. The Kier molecular flexibility index (Phi) is 5.19. The molecule has 0 aliphatic heterocycles. The van der Waals surface area contributed by atoms with Gasteiger partial charge in [0.1, 0.15) is 6.61 Å². The number of hydrogen-bond acceptors (Lipinski definition) is 3. The highest BCUT2D eigenvalue weighted by Crippen LogP contribution is 1.86. The summed E-state index contributed by atoms with van der Waals surface area (Å²) in [4.78, 5) is 13.4. The molecule has 0 aromatic rings. The highest BCUT2D eigenvalue weighted by atomic mass is 16.7. The first kappa shape index (κ1) is 6.96. The molecule has 44 valence electrons. The van der Waals surface area contributed by atoms with E-state index in [1.807, 2.05) is 0 Å². The van der Waals surface area contributed by atoms with Gasteiger partial charge in [-0.15, -0.1) is 17.3 Å². The summed E-state index contributed by atoms with van der Waals surface area (Å²) in [6.45, 7) is 0.327. The highest BCUT2D eigenvalue weighted by Gasteiger charge is 1.81. The van der Waals surface area contributed by atoms with E-state index in [-0.39, 0.29) is 0 Å². The molecule has 0 unspecified atom stereocenters. The molecule has 3 nitrogen and oxygen atoms in total. The van der Waals surface area contributed by atoms with Crippen LogP contribution in [0, 0.1) is 17.3 Å². The maximum absolute atomic E-state index is 9.24. The van der Waals surface area contributed by atoms with Gasteiger partial charge in [-0.05, 0) is 6.42 Å². The van der Waals surface area contributed by atoms with E-state index in [0.29, 0.717) is 19.4 Å². The van der Waals surface area contributed by atoms with Gasteiger partial charge in [0.15, 0.2) is 5.34 Å². The van der Waals surface area contributed by atoms with Crippen molar-refractivity contribution in [2.24, 2.45) is 5.34 Å². The summed E-state index contributed by atoms with van der Waals surface area (Å²) in [6, 6.07) is 0. The SMILES string of the molecule is C#CCCCON=O. The minimum absolute atomic E-state index is 0.327. The van der Waals surface area contributed by atoms with Gasteiger partial charge in [-0.2, -0.15) is 0 Å². The lowest BCUT2D eigenvalue weighted by Crippen LogP contribution is -1.84. The van der Waals surface area contributed by atoms with Crippen LogP contribution in [0.1, 0.15) is 12.8 Å². The lowest BCUT2D eigenvalue weighted by atomic mass is 10.3. The van der Waals surface area contributed by atoms with Crippen molar-refractivity contribution in [2.75, 3.05) is 6.61 Å². The van der Waals surface area contributed by atoms with Crippen molar-refractivity contribution < 1.29 is 4.84 Å². The van der Waals surface area contributed by atoms with Crippen LogP contribution in [-0.2, 0) is 4.84 Å². The van der Waals surface area contributed by atoms with Gasteiger partial charge in [0.25, 0.3) is 0 Å². The van der Waals surface area contributed by atoms with Crippen LogP contribution in [0.5, 0.6) is 0 Å². The molecule has 0 fully saturated rings. The molecule has 0 aliphatic rings. The average molecular weight is 113 g/mol. The summed E-state index contributed by atoms with van der Waals surface area (Å²) in [5.74, 6) is 2.40. The Labute approximate surface area is 48.0 Å². The Morgan fingerprint density at radius 3 is 3.00 bits per heavy atom. The van der Waals surface area contributed by atoms with E-state index in [1.165, 1.54) is 0 Å². The van der Waals surface area contributed by atoms with Gasteiger partial charge in [-0.1, -0.05) is 0 Å². The van der Waals surface area contributed by atoms with Gasteiger partial charge >= 0.3 is 0 Å². The van der Waals surface area contributed by atoms with Crippen molar-refractivity contribution in [2.45, 2.75) is 12.8 Å². The van der Waals surface area contributed by atoms with Crippen molar-refractivity contribution in [3.8, 4) is 12.3 Å². The standard InChI is InChI=1S/C5H7NO2/c1-2-3-4-5-8-6-7/h1H,3-5H2. The lowest BCUT2D eigenvalue weighted by molar-refractivity contribution is 0.138. The van der Waals surface area contributed by atoms with E-state index in [2.05, 4.69) is 16.1 Å². The minimum Gasteiger partial charge on any atom is -0.364 e. The Balaban J connectivity index is 2.74. The molecule has 0 bridgehead atoms. The van der Waals surface area contributed by atoms with Crippen LogP contribution in [0.2, 0.25) is 0 Å². The molecule has 0 spiro atoms. The molecule has 8 heavy (non-hydrogen) atoms. The first-order valence-corrected chi connectivity index (χ1v) is 2.30. The maximum atomic E-state index is 9.24. The molecular formula is C5H7NO2. The monoisotopic (exact) mass is 113 g/mol. The summed E-state index contributed by atoms with van der Waals surface area (Å²) in [6.07, 6.45) is 6.23. The van der Waals surface area contributed by atoms with Gasteiger partial charge in [0.05, 0.1) is 0 Å². The van der Waals surface area contributed by atoms with E-state index < -0.39 is 0 Å². The van der Waals surface area contributed by atoms with E-state index in [0.717, 1.165) is 0 Å². The number of rotatable bonds is 4. The van der Waals surface area contributed by atoms with E-state index in [1.54, 1.807) is 0 Å². The number of terminal acetylenes is 1. The van der Waals surface area contributed by atoms with Gasteiger partial charge in [0, 0.05) is 6.42 Å². The second-order valence-electron chi connectivity index (χ2n) is 1.22. The van der Waals surface area contributed by atoms with Gasteiger partial charge in [-0.25, -0.2) is 0 Å². The Morgan fingerprint density at radius 1 is 1.75 bits per heavy atom. The molecule has 0 aromatic heterocycles. The molecule has 0 amide bonds. The average Bonchev–Trinajstić information content (AvgIpc) is 1.81. The van der Waals surface area contributed by atoms with Crippen molar-refractivity contribution in [3.05, 3.63) is 4.91 Å². The predicted molar refractivity (Wildman–Crippen MR) is 29.8 cm³/mol. The number of unbranched alkanes of at least 4 members (excludes halogenated alkanes) is 1. The highest BCUT2D eigenvalue weighted by molar-refractivity contribution is 4.82. The van der Waals surface area contributed by atoms with Crippen LogP contribution in [0.3, 0.4) is 0 Å². The molecule has 0 N–H and O–H groups in total. The molecule has 0 heterocycles. The van der Waals surface area contributed by atoms with E-state index >= 15 is 0 Å². The second kappa shape index (κ2) is 5.96. The summed E-state index contributed by atoms with van der Waals surface area (Å²) in [7, 11) is 0. The third-order valence-electron chi connectivity index (χ3n) is 0.609. The zero-order valence-electron chi connectivity index (χ0n) is 4.46. The normalized spacial score (nSPS) is 7.38. The van der Waals surface area contributed by atoms with Gasteiger partial charge in [-0.3, -0.25) is 0 Å². The minimum atomic E-state index is 0.327. The predicted octanol–water partition coefficient (Wildman–Crippen LogP) is 1.10. The van der Waals surface area contributed by atoms with Crippen LogP contribution >= 0.6 is 0 Å². The summed E-state index contributed by atoms with van der Waals surface area (Å²) < 4.78 is 0. The van der Waals surface area contributed by atoms with Crippen molar-refractivity contribution >= 4 is 0 Å². The van der Waals surface area contributed by atoms with Crippen LogP contribution in [0.4, 0.5) is 0 Å². The third-order valence-corrected chi connectivity index (χ3v) is 0.609. The van der Waals surface area contributed by atoms with Crippen LogP contribution in [0.25, 0.3) is 0 Å². The van der Waals surface area contributed by atoms with Crippen LogP contribution in [-0.4, -0.2) is 6.61 Å². The van der Waals surface area contributed by atoms with Crippen LogP contribution in [0.15, 0.2) is 5.34 Å². The summed E-state index contributed by atoms with van der Waals surface area (Å²) in [5.41, 5.74) is 0. The lowest BCUT2D eigenvalue weighted by Gasteiger charge is -1.87. The smallest absolute Gasteiger partial charge is 0.155 e. The third kappa shape index (κ3) is 4.96. The van der Waals surface area contributed by atoms with Crippen molar-refractivity contribution in [3.63, 3.8) is 0 Å².